The number of carbonyl (C=O) groups is 1. The van der Waals surface area contributed by atoms with Crippen LogP contribution in [0.3, 0.4) is 0 Å². The first-order valence-corrected chi connectivity index (χ1v) is 5.90. The smallest absolute Gasteiger partial charge is 0.252 e. The molecule has 0 spiro atoms. The van der Waals surface area contributed by atoms with E-state index in [1.165, 1.54) is 24.3 Å². The summed E-state index contributed by atoms with van der Waals surface area (Å²) in [5.74, 6) is -0.598. The van der Waals surface area contributed by atoms with E-state index in [9.17, 15) is 9.18 Å². The molecule has 2 aromatic rings. The number of nitrogens with two attached hydrogens (primary N) is 1. The summed E-state index contributed by atoms with van der Waals surface area (Å²) in [6.45, 7) is 0.195. The molecule has 5 heteroatoms. The number of ether oxygens (including phenoxy) is 1. The Bertz CT molecular complexity index is 599. The molecular weight excluding hydrogens is 269 g/mol. The molecule has 2 aromatic carbocycles. The van der Waals surface area contributed by atoms with Gasteiger partial charge in [-0.15, -0.1) is 0 Å². The molecule has 0 aliphatic rings. The second-order valence-electron chi connectivity index (χ2n) is 3.92. The van der Waals surface area contributed by atoms with E-state index in [1.807, 2.05) is 0 Å². The molecule has 0 atom stereocenters. The summed E-state index contributed by atoms with van der Waals surface area (Å²) >= 11 is 5.84. The Labute approximate surface area is 114 Å². The number of carbonyl (C=O) groups excluding carboxylic acids is 1. The van der Waals surface area contributed by atoms with E-state index < -0.39 is 5.91 Å². The van der Waals surface area contributed by atoms with Gasteiger partial charge in [0.05, 0.1) is 5.56 Å². The summed E-state index contributed by atoms with van der Waals surface area (Å²) in [7, 11) is 0. The number of rotatable bonds is 4. The lowest BCUT2D eigenvalue weighted by atomic mass is 10.2. The molecule has 0 saturated heterocycles. The van der Waals surface area contributed by atoms with Gasteiger partial charge in [0.2, 0.25) is 0 Å². The van der Waals surface area contributed by atoms with Gasteiger partial charge in [0, 0.05) is 5.02 Å². The number of halogens is 2. The number of hydrogen-bond acceptors (Lipinski definition) is 2. The fourth-order valence-corrected chi connectivity index (χ4v) is 1.72. The molecule has 98 valence electrons. The number of primary amides is 1. The summed E-state index contributed by atoms with van der Waals surface area (Å²) in [6, 6.07) is 10.5. The van der Waals surface area contributed by atoms with Crippen LogP contribution < -0.4 is 10.5 Å². The Balaban J connectivity index is 2.16. The Morgan fingerprint density at radius 3 is 2.53 bits per heavy atom. The lowest BCUT2D eigenvalue weighted by Gasteiger charge is -2.10. The minimum Gasteiger partial charge on any atom is -0.488 e. The first-order chi connectivity index (χ1) is 9.06. The highest BCUT2D eigenvalue weighted by atomic mass is 35.5. The molecule has 0 unspecified atom stereocenters. The molecule has 0 radical (unpaired) electrons. The highest BCUT2D eigenvalue weighted by Gasteiger charge is 2.10. The average molecular weight is 280 g/mol. The van der Waals surface area contributed by atoms with Crippen LogP contribution in [0.4, 0.5) is 4.39 Å². The van der Waals surface area contributed by atoms with Crippen LogP contribution in [0.5, 0.6) is 5.75 Å². The van der Waals surface area contributed by atoms with Gasteiger partial charge in [0.25, 0.3) is 5.91 Å². The molecule has 1 amide bonds. The predicted octanol–water partition coefficient (Wildman–Crippen LogP) is 3.16. The van der Waals surface area contributed by atoms with Crippen molar-refractivity contribution in [1.29, 1.82) is 0 Å². The molecule has 19 heavy (non-hydrogen) atoms. The molecular formula is C14H11ClFNO2. The van der Waals surface area contributed by atoms with Crippen molar-refractivity contribution in [1.82, 2.24) is 0 Å². The van der Waals surface area contributed by atoms with Crippen LogP contribution in [0.2, 0.25) is 5.02 Å². The Morgan fingerprint density at radius 1 is 1.21 bits per heavy atom. The zero-order chi connectivity index (χ0) is 13.8. The summed E-state index contributed by atoms with van der Waals surface area (Å²) in [5, 5.41) is 0.444. The topological polar surface area (TPSA) is 52.3 Å². The molecule has 0 fully saturated rings. The Morgan fingerprint density at radius 2 is 1.89 bits per heavy atom. The third-order valence-corrected chi connectivity index (χ3v) is 2.75. The normalized spacial score (nSPS) is 10.2. The van der Waals surface area contributed by atoms with Gasteiger partial charge < -0.3 is 10.5 Å². The van der Waals surface area contributed by atoms with Crippen molar-refractivity contribution in [2.45, 2.75) is 6.61 Å². The molecule has 2 rings (SSSR count). The van der Waals surface area contributed by atoms with Gasteiger partial charge in [0.15, 0.2) is 0 Å². The average Bonchev–Trinajstić information content (AvgIpc) is 2.38. The monoisotopic (exact) mass is 279 g/mol. The van der Waals surface area contributed by atoms with Crippen molar-refractivity contribution in [2.24, 2.45) is 5.73 Å². The van der Waals surface area contributed by atoms with Crippen LogP contribution in [-0.2, 0) is 6.61 Å². The minimum atomic E-state index is -0.592. The largest absolute Gasteiger partial charge is 0.488 e. The third kappa shape index (κ3) is 3.45. The van der Waals surface area contributed by atoms with Gasteiger partial charge >= 0.3 is 0 Å². The van der Waals surface area contributed by atoms with E-state index in [-0.39, 0.29) is 18.0 Å². The molecule has 3 nitrogen and oxygen atoms in total. The molecule has 0 aliphatic carbocycles. The van der Waals surface area contributed by atoms with E-state index in [1.54, 1.807) is 18.2 Å². The maximum absolute atomic E-state index is 12.8. The fourth-order valence-electron chi connectivity index (χ4n) is 1.56. The zero-order valence-electron chi connectivity index (χ0n) is 9.90. The van der Waals surface area contributed by atoms with Crippen molar-refractivity contribution in [2.75, 3.05) is 0 Å². The number of hydrogen-bond donors (Lipinski definition) is 1. The van der Waals surface area contributed by atoms with Crippen molar-refractivity contribution in [3.8, 4) is 5.75 Å². The van der Waals surface area contributed by atoms with Crippen LogP contribution in [0.1, 0.15) is 15.9 Å². The maximum atomic E-state index is 12.8. The number of benzene rings is 2. The summed E-state index contributed by atoms with van der Waals surface area (Å²) in [6.07, 6.45) is 0. The summed E-state index contributed by atoms with van der Waals surface area (Å²) in [4.78, 5) is 11.2. The lowest BCUT2D eigenvalue weighted by molar-refractivity contribution is 0.0996. The molecule has 0 aromatic heterocycles. The standard InChI is InChI=1S/C14H11ClFNO2/c15-10-3-6-12(14(17)18)13(7-10)19-8-9-1-4-11(16)5-2-9/h1-7H,8H2,(H2,17,18). The predicted molar refractivity (Wildman–Crippen MR) is 70.7 cm³/mol. The van der Waals surface area contributed by atoms with Crippen molar-refractivity contribution >= 4 is 17.5 Å². The molecule has 2 N–H and O–H groups in total. The second kappa shape index (κ2) is 5.71. The van der Waals surface area contributed by atoms with Gasteiger partial charge in [0.1, 0.15) is 18.2 Å². The van der Waals surface area contributed by atoms with Gasteiger partial charge in [-0.2, -0.15) is 0 Å². The third-order valence-electron chi connectivity index (χ3n) is 2.52. The molecule has 0 aliphatic heterocycles. The van der Waals surface area contributed by atoms with E-state index in [4.69, 9.17) is 22.1 Å². The van der Waals surface area contributed by atoms with Crippen molar-refractivity contribution < 1.29 is 13.9 Å². The first-order valence-electron chi connectivity index (χ1n) is 5.53. The van der Waals surface area contributed by atoms with E-state index >= 15 is 0 Å². The second-order valence-corrected chi connectivity index (χ2v) is 4.36. The summed E-state index contributed by atoms with van der Waals surface area (Å²) in [5.41, 5.74) is 6.27. The first kappa shape index (κ1) is 13.4. The molecule has 0 saturated carbocycles. The summed E-state index contributed by atoms with van der Waals surface area (Å²) < 4.78 is 18.3. The maximum Gasteiger partial charge on any atom is 0.252 e. The minimum absolute atomic E-state index is 0.195. The highest BCUT2D eigenvalue weighted by Crippen LogP contribution is 2.24. The van der Waals surface area contributed by atoms with Crippen LogP contribution in [0.15, 0.2) is 42.5 Å². The van der Waals surface area contributed by atoms with E-state index in [0.717, 1.165) is 5.56 Å². The fraction of sp³-hybridized carbons (Fsp3) is 0.0714. The van der Waals surface area contributed by atoms with Crippen LogP contribution in [0.25, 0.3) is 0 Å². The van der Waals surface area contributed by atoms with Crippen molar-refractivity contribution in [3.05, 3.63) is 64.4 Å². The quantitative estimate of drug-likeness (QED) is 0.935. The number of amides is 1. The van der Waals surface area contributed by atoms with Gasteiger partial charge in [-0.25, -0.2) is 4.39 Å². The Hall–Kier alpha value is -2.07. The van der Waals surface area contributed by atoms with Crippen LogP contribution in [0, 0.1) is 5.82 Å². The lowest BCUT2D eigenvalue weighted by Crippen LogP contribution is -2.13. The Kier molecular flexibility index (Phi) is 4.02. The van der Waals surface area contributed by atoms with Crippen LogP contribution >= 0.6 is 11.6 Å². The zero-order valence-corrected chi connectivity index (χ0v) is 10.7. The SMILES string of the molecule is NC(=O)c1ccc(Cl)cc1OCc1ccc(F)cc1. The highest BCUT2D eigenvalue weighted by molar-refractivity contribution is 6.30. The van der Waals surface area contributed by atoms with Gasteiger partial charge in [-0.3, -0.25) is 4.79 Å². The van der Waals surface area contributed by atoms with Gasteiger partial charge in [-0.1, -0.05) is 23.7 Å². The van der Waals surface area contributed by atoms with Gasteiger partial charge in [-0.05, 0) is 35.9 Å². The van der Waals surface area contributed by atoms with E-state index in [2.05, 4.69) is 0 Å². The van der Waals surface area contributed by atoms with Crippen LogP contribution in [-0.4, -0.2) is 5.91 Å². The molecule has 0 heterocycles. The van der Waals surface area contributed by atoms with Crippen molar-refractivity contribution in [3.63, 3.8) is 0 Å². The molecule has 0 bridgehead atoms. The van der Waals surface area contributed by atoms with E-state index in [0.29, 0.717) is 10.8 Å².